The van der Waals surface area contributed by atoms with E-state index in [4.69, 9.17) is 11.6 Å². The zero-order valence-corrected chi connectivity index (χ0v) is 15.1. The third kappa shape index (κ3) is 2.75. The number of amides is 1. The molecule has 7 nitrogen and oxygen atoms in total. The Morgan fingerprint density at radius 2 is 2.12 bits per heavy atom. The van der Waals surface area contributed by atoms with Crippen LogP contribution in [0, 0.1) is 5.92 Å². The first-order valence-electron chi connectivity index (χ1n) is 8.29. The molecule has 0 spiro atoms. The smallest absolute Gasteiger partial charge is 0.225 e. The summed E-state index contributed by atoms with van der Waals surface area (Å²) in [6.45, 7) is 0. The number of carbonyl (C=O) groups excluding carboxylic acids is 1. The highest BCUT2D eigenvalue weighted by atomic mass is 35.5. The van der Waals surface area contributed by atoms with Gasteiger partial charge in [0.05, 0.1) is 16.8 Å². The molecular formula is C17H15ClN6OS. The standard InChI is InChI=1S/C17H15ClN6OS/c18-11-5-3-9(4-6-11)12-7-19-8-24(12)15-13-14(22-23-15)20-17(26-13)21-16(25)10-1-2-10/h3-8,10,17H,1-2H2,(H,21,25)(H2,20,22,23). The Kier molecular flexibility index (Phi) is 3.68. The van der Waals surface area contributed by atoms with Gasteiger partial charge in [-0.25, -0.2) is 4.98 Å². The number of hydrogen-bond acceptors (Lipinski definition) is 5. The largest absolute Gasteiger partial charge is 0.341 e. The van der Waals surface area contributed by atoms with Crippen molar-refractivity contribution in [2.75, 3.05) is 5.32 Å². The van der Waals surface area contributed by atoms with Gasteiger partial charge in [0.1, 0.15) is 12.1 Å². The number of imidazole rings is 1. The maximum Gasteiger partial charge on any atom is 0.225 e. The van der Waals surface area contributed by atoms with Crippen LogP contribution in [0.1, 0.15) is 12.8 Å². The Labute approximate surface area is 158 Å². The van der Waals surface area contributed by atoms with Crippen LogP contribution in [0.2, 0.25) is 5.02 Å². The van der Waals surface area contributed by atoms with Crippen LogP contribution in [-0.2, 0) is 4.79 Å². The van der Waals surface area contributed by atoms with E-state index in [-0.39, 0.29) is 17.3 Å². The van der Waals surface area contributed by atoms with E-state index in [1.54, 1.807) is 24.3 Å². The minimum absolute atomic E-state index is 0.110. The average molecular weight is 387 g/mol. The summed E-state index contributed by atoms with van der Waals surface area (Å²) in [6.07, 6.45) is 5.50. The minimum atomic E-state index is -0.186. The molecule has 3 heterocycles. The van der Waals surface area contributed by atoms with Crippen LogP contribution >= 0.6 is 23.4 Å². The fraction of sp³-hybridized carbons (Fsp3) is 0.235. The molecule has 0 bridgehead atoms. The molecule has 3 aromatic rings. The molecule has 1 aliphatic carbocycles. The number of thioether (sulfide) groups is 1. The van der Waals surface area contributed by atoms with E-state index in [0.717, 1.165) is 40.6 Å². The van der Waals surface area contributed by atoms with Gasteiger partial charge in [-0.15, -0.1) is 0 Å². The van der Waals surface area contributed by atoms with Gasteiger partial charge in [0, 0.05) is 16.5 Å². The maximum atomic E-state index is 12.0. The molecule has 2 aliphatic rings. The number of halogens is 1. The SMILES string of the molecule is O=C(NC1Nc2[nH]nc(-n3cncc3-c3ccc(Cl)cc3)c2S1)C1CC1. The summed E-state index contributed by atoms with van der Waals surface area (Å²) in [4.78, 5) is 17.2. The Morgan fingerprint density at radius 1 is 1.31 bits per heavy atom. The number of aromatic amines is 1. The Bertz CT molecular complexity index is 978. The number of carbonyl (C=O) groups is 1. The van der Waals surface area contributed by atoms with Crippen LogP contribution < -0.4 is 10.6 Å². The van der Waals surface area contributed by atoms with Crippen molar-refractivity contribution in [3.05, 3.63) is 41.8 Å². The highest BCUT2D eigenvalue weighted by molar-refractivity contribution is 8.00. The van der Waals surface area contributed by atoms with E-state index >= 15 is 0 Å². The van der Waals surface area contributed by atoms with Crippen LogP contribution in [0.5, 0.6) is 0 Å². The minimum Gasteiger partial charge on any atom is -0.341 e. The van der Waals surface area contributed by atoms with Crippen LogP contribution in [-0.4, -0.2) is 31.2 Å². The van der Waals surface area contributed by atoms with Gasteiger partial charge in [-0.3, -0.25) is 14.5 Å². The molecular weight excluding hydrogens is 372 g/mol. The summed E-state index contributed by atoms with van der Waals surface area (Å²) >= 11 is 7.53. The third-order valence-electron chi connectivity index (χ3n) is 4.44. The number of aromatic nitrogens is 4. The molecule has 1 atom stereocenters. The van der Waals surface area contributed by atoms with Gasteiger partial charge in [-0.05, 0) is 25.0 Å². The predicted molar refractivity (Wildman–Crippen MR) is 100 cm³/mol. The molecule has 3 N–H and O–H groups in total. The summed E-state index contributed by atoms with van der Waals surface area (Å²) in [5, 5.41) is 14.4. The monoisotopic (exact) mass is 386 g/mol. The van der Waals surface area contributed by atoms with Crippen molar-refractivity contribution in [3.63, 3.8) is 0 Å². The first-order chi connectivity index (χ1) is 12.7. The van der Waals surface area contributed by atoms with E-state index in [9.17, 15) is 4.79 Å². The normalized spacial score (nSPS) is 18.4. The highest BCUT2D eigenvalue weighted by Crippen LogP contribution is 2.41. The van der Waals surface area contributed by atoms with Crippen molar-refractivity contribution in [2.24, 2.45) is 5.92 Å². The van der Waals surface area contributed by atoms with E-state index in [0.29, 0.717) is 5.02 Å². The number of benzene rings is 1. The summed E-state index contributed by atoms with van der Waals surface area (Å²) in [5.41, 5.74) is 1.73. The van der Waals surface area contributed by atoms with Crippen LogP contribution in [0.4, 0.5) is 5.82 Å². The number of anilines is 1. The van der Waals surface area contributed by atoms with Gasteiger partial charge < -0.3 is 10.6 Å². The van der Waals surface area contributed by atoms with E-state index in [1.165, 1.54) is 0 Å². The number of hydrogen-bond donors (Lipinski definition) is 3. The first kappa shape index (κ1) is 15.8. The Balaban J connectivity index is 1.43. The molecule has 1 aromatic carbocycles. The number of H-pyrrole nitrogens is 1. The van der Waals surface area contributed by atoms with Crippen molar-refractivity contribution in [2.45, 2.75) is 23.2 Å². The van der Waals surface area contributed by atoms with Gasteiger partial charge in [0.2, 0.25) is 5.91 Å². The molecule has 9 heteroatoms. The number of rotatable bonds is 4. The van der Waals surface area contributed by atoms with E-state index in [1.807, 2.05) is 28.8 Å². The molecule has 1 amide bonds. The third-order valence-corrected chi connectivity index (χ3v) is 5.79. The van der Waals surface area contributed by atoms with Gasteiger partial charge in [0.15, 0.2) is 11.3 Å². The molecule has 132 valence electrons. The van der Waals surface area contributed by atoms with Crippen molar-refractivity contribution >= 4 is 35.1 Å². The van der Waals surface area contributed by atoms with Crippen molar-refractivity contribution in [1.29, 1.82) is 0 Å². The lowest BCUT2D eigenvalue weighted by atomic mass is 10.2. The summed E-state index contributed by atoms with van der Waals surface area (Å²) < 4.78 is 1.93. The van der Waals surface area contributed by atoms with Gasteiger partial charge in [-0.2, -0.15) is 5.10 Å². The number of nitrogens with one attached hydrogen (secondary N) is 3. The lowest BCUT2D eigenvalue weighted by molar-refractivity contribution is -0.122. The van der Waals surface area contributed by atoms with Crippen LogP contribution in [0.25, 0.3) is 17.1 Å². The molecule has 0 radical (unpaired) electrons. The molecule has 26 heavy (non-hydrogen) atoms. The van der Waals surface area contributed by atoms with Crippen molar-refractivity contribution < 1.29 is 4.79 Å². The van der Waals surface area contributed by atoms with Gasteiger partial charge >= 0.3 is 0 Å². The predicted octanol–water partition coefficient (Wildman–Crippen LogP) is 3.24. The topological polar surface area (TPSA) is 87.6 Å². The fourth-order valence-electron chi connectivity index (χ4n) is 2.93. The van der Waals surface area contributed by atoms with Crippen molar-refractivity contribution in [1.82, 2.24) is 25.1 Å². The molecule has 1 fully saturated rings. The summed E-state index contributed by atoms with van der Waals surface area (Å²) in [7, 11) is 0. The van der Waals surface area contributed by atoms with Gasteiger partial charge in [0.25, 0.3) is 0 Å². The second-order valence-corrected chi connectivity index (χ2v) is 7.88. The molecule has 2 aromatic heterocycles. The van der Waals surface area contributed by atoms with Gasteiger partial charge in [-0.1, -0.05) is 35.5 Å². The second kappa shape index (κ2) is 6.07. The molecule has 5 rings (SSSR count). The highest BCUT2D eigenvalue weighted by Gasteiger charge is 2.34. The van der Waals surface area contributed by atoms with Crippen molar-refractivity contribution in [3.8, 4) is 17.1 Å². The number of nitrogens with zero attached hydrogens (tertiary/aromatic N) is 3. The van der Waals surface area contributed by atoms with Crippen LogP contribution in [0.3, 0.4) is 0 Å². The number of fused-ring (bicyclic) bond motifs is 1. The lowest BCUT2D eigenvalue weighted by Crippen LogP contribution is -2.37. The average Bonchev–Trinajstić information content (AvgIpc) is 3.06. The van der Waals surface area contributed by atoms with Crippen LogP contribution in [0.15, 0.2) is 41.7 Å². The molecule has 1 aliphatic heterocycles. The quantitative estimate of drug-likeness (QED) is 0.640. The zero-order valence-electron chi connectivity index (χ0n) is 13.6. The van der Waals surface area contributed by atoms with E-state index in [2.05, 4.69) is 25.8 Å². The van der Waals surface area contributed by atoms with E-state index < -0.39 is 0 Å². The second-order valence-electron chi connectivity index (χ2n) is 6.33. The lowest BCUT2D eigenvalue weighted by Gasteiger charge is -2.12. The molecule has 1 saturated carbocycles. The molecule has 1 unspecified atom stereocenters. The summed E-state index contributed by atoms with van der Waals surface area (Å²) in [5.74, 6) is 1.85. The summed E-state index contributed by atoms with van der Waals surface area (Å²) in [6, 6.07) is 7.60. The fourth-order valence-corrected chi connectivity index (χ4v) is 4.11. The maximum absolute atomic E-state index is 12.0. The zero-order chi connectivity index (χ0) is 17.7. The Hall–Kier alpha value is -2.45. The Morgan fingerprint density at radius 3 is 2.88 bits per heavy atom. The first-order valence-corrected chi connectivity index (χ1v) is 9.55. The molecule has 0 saturated heterocycles.